The molecule has 414 valence electrons. The minimum Gasteiger partial charge on any atom is -0.481 e. The van der Waals surface area contributed by atoms with Crippen molar-refractivity contribution in [1.82, 2.24) is 44.4 Å². The minimum absolute atomic E-state index is 0.0383. The number of rotatable bonds is 13. The molecule has 29 nitrogen and oxygen atoms in total. The van der Waals surface area contributed by atoms with Crippen LogP contribution in [0.15, 0.2) is 78.0 Å². The van der Waals surface area contributed by atoms with Crippen molar-refractivity contribution < 1.29 is 68.4 Å². The van der Waals surface area contributed by atoms with Crippen molar-refractivity contribution in [3.63, 3.8) is 0 Å². The third-order valence-electron chi connectivity index (χ3n) is 11.5. The second-order valence-electron chi connectivity index (χ2n) is 17.1. The van der Waals surface area contributed by atoms with Crippen molar-refractivity contribution in [2.75, 3.05) is 37.0 Å². The smallest absolute Gasteiger partial charge is 0.330 e. The van der Waals surface area contributed by atoms with Gasteiger partial charge in [0.1, 0.15) is 54.1 Å². The highest BCUT2D eigenvalue weighted by atomic mass is 32.1. The molecular weight excluding hydrogens is 1050 g/mol. The number of carboxylic acid groups (broad SMARTS) is 2. The van der Waals surface area contributed by atoms with E-state index in [2.05, 4.69) is 30.6 Å². The van der Waals surface area contributed by atoms with E-state index in [-0.39, 0.29) is 38.0 Å². The van der Waals surface area contributed by atoms with Gasteiger partial charge in [-0.25, -0.2) is 24.4 Å². The van der Waals surface area contributed by atoms with Gasteiger partial charge in [0.15, 0.2) is 0 Å². The number of anilines is 2. The van der Waals surface area contributed by atoms with Gasteiger partial charge in [0.2, 0.25) is 11.6 Å². The number of aryl methyl sites for hydroxylation is 1. The molecule has 6 aromatic rings. The number of thiophene rings is 1. The average Bonchev–Trinajstić information content (AvgIpc) is 4.19. The number of halogens is 2. The molecule has 5 aromatic heterocycles. The van der Waals surface area contributed by atoms with Gasteiger partial charge in [-0.1, -0.05) is 6.07 Å². The maximum atomic E-state index is 13.0. The Morgan fingerprint density at radius 3 is 2.17 bits per heavy atom. The van der Waals surface area contributed by atoms with Crippen LogP contribution in [0, 0.1) is 18.6 Å². The normalized spacial score (nSPS) is 20.7. The third kappa shape index (κ3) is 15.1. The van der Waals surface area contributed by atoms with Crippen LogP contribution in [0.5, 0.6) is 0 Å². The summed E-state index contributed by atoms with van der Waals surface area (Å²) in [7, 11) is 1.84. The zero-order valence-electron chi connectivity index (χ0n) is 40.5. The van der Waals surface area contributed by atoms with Crippen molar-refractivity contribution in [3.05, 3.63) is 135 Å². The van der Waals surface area contributed by atoms with Gasteiger partial charge < -0.3 is 70.7 Å². The lowest BCUT2D eigenvalue weighted by Gasteiger charge is -2.17. The number of aliphatic hydroxyl groups is 5. The van der Waals surface area contributed by atoms with E-state index in [9.17, 15) is 67.6 Å². The topological polar surface area (TPSA) is 435 Å². The number of ether oxygens (including phenoxy) is 2. The van der Waals surface area contributed by atoms with Gasteiger partial charge in [0.25, 0.3) is 22.6 Å². The number of carbonyl (C=O) groups is 3. The maximum Gasteiger partial charge on any atom is 0.330 e. The predicted molar refractivity (Wildman–Crippen MR) is 266 cm³/mol. The van der Waals surface area contributed by atoms with Crippen molar-refractivity contribution in [1.29, 1.82) is 0 Å². The summed E-state index contributed by atoms with van der Waals surface area (Å²) in [6, 6.07) is 7.49. The molecular formula is C45H52F2N12O17S. The van der Waals surface area contributed by atoms with Crippen LogP contribution in [0.25, 0.3) is 10.9 Å². The Morgan fingerprint density at radius 2 is 1.56 bits per heavy atom. The number of imidazole rings is 1. The highest BCUT2D eigenvalue weighted by Gasteiger charge is 2.37. The van der Waals surface area contributed by atoms with Crippen LogP contribution in [0.4, 0.5) is 19.6 Å². The van der Waals surface area contributed by atoms with Crippen LogP contribution in [-0.4, -0.2) is 156 Å². The molecule has 0 aliphatic carbocycles. The van der Waals surface area contributed by atoms with E-state index < -0.39 is 108 Å². The molecule has 3 aliphatic rings. The van der Waals surface area contributed by atoms with Gasteiger partial charge in [-0.2, -0.15) is 8.78 Å². The molecule has 8 heterocycles. The Labute approximate surface area is 433 Å². The lowest BCUT2D eigenvalue weighted by molar-refractivity contribution is -0.140. The fourth-order valence-electron chi connectivity index (χ4n) is 7.66. The van der Waals surface area contributed by atoms with Crippen LogP contribution in [0.1, 0.15) is 71.0 Å². The number of aliphatic carboxylic acids is 2. The molecule has 0 spiro atoms. The highest BCUT2D eigenvalue weighted by Crippen LogP contribution is 2.34. The second-order valence-corrected chi connectivity index (χ2v) is 18.2. The first-order valence-electron chi connectivity index (χ1n) is 23.0. The Bertz CT molecular complexity index is 3390. The van der Waals surface area contributed by atoms with Crippen LogP contribution in [0.2, 0.25) is 0 Å². The lowest BCUT2D eigenvalue weighted by atomic mass is 10.1. The van der Waals surface area contributed by atoms with E-state index in [4.69, 9.17) is 24.8 Å². The zero-order chi connectivity index (χ0) is 56.2. The fourth-order valence-corrected chi connectivity index (χ4v) is 8.53. The van der Waals surface area contributed by atoms with Crippen molar-refractivity contribution in [2.24, 2.45) is 4.99 Å². The summed E-state index contributed by atoms with van der Waals surface area (Å²) in [5.74, 6) is -3.96. The quantitative estimate of drug-likeness (QED) is 0.0626. The number of carbonyl (C=O) groups excluding carboxylic acids is 1. The molecule has 0 radical (unpaired) electrons. The first-order chi connectivity index (χ1) is 36.6. The fraction of sp³-hybridized carbons (Fsp3) is 0.400. The summed E-state index contributed by atoms with van der Waals surface area (Å²) in [4.78, 5) is 112. The predicted octanol–water partition coefficient (Wildman–Crippen LogP) is -1.49. The Kier molecular flexibility index (Phi) is 19.7. The number of hydrogen-bond donors (Lipinski definition) is 13. The number of carboxylic acids is 2. The molecule has 32 heteroatoms. The Hall–Kier alpha value is -8.11. The van der Waals surface area contributed by atoms with Gasteiger partial charge >= 0.3 is 23.3 Å². The Morgan fingerprint density at radius 1 is 0.896 bits per heavy atom. The largest absolute Gasteiger partial charge is 0.481 e. The number of fused-ring (bicyclic) bond motifs is 2. The summed E-state index contributed by atoms with van der Waals surface area (Å²) in [6.45, 7) is 1.81. The summed E-state index contributed by atoms with van der Waals surface area (Å²) >= 11 is 1.18. The van der Waals surface area contributed by atoms with E-state index in [0.29, 0.717) is 52.3 Å². The standard InChI is InChI=1S/C21H22N4O6S.C11H16N4O4.C9H11FN2O5.C4H3FN2O2/c1-11-22-14-4-3-12(9-13(14)19(28)23-11)10-25(2)17-7-6-16(32-17)20(29)24-15(21(30)31)5-8-18(26)27;16-3-8-6(17)1-9(19-8)15-5-14-10-7(18)2-12-4-13-11(10)15;10-4-2-12(9(16)11-8(4)15)7-1-5(14)6(3-13)17-7;5-2-1-6-4(9)7-3(2)8/h3-4,6-7,9,15H,5,8,10H2,1-2H3,(H,24,29)(H,26,27)(H,30,31)(H,22,23,28);4-9,16-18H,1-3H2,(H,12,13);2,5-7,13-14H,1,3H2,(H,11,15,16);1H,(H2,6,7,8,9)/t15-;6-,7+,8+,9+;5-,6+,7+;/m000./s1. The third-order valence-corrected chi connectivity index (χ3v) is 12.7. The number of benzene rings is 1. The van der Waals surface area contributed by atoms with Crippen LogP contribution in [0.3, 0.4) is 0 Å². The van der Waals surface area contributed by atoms with E-state index in [1.54, 1.807) is 52.1 Å². The molecule has 9 rings (SSSR count). The molecule has 77 heavy (non-hydrogen) atoms. The van der Waals surface area contributed by atoms with E-state index in [1.165, 1.54) is 17.7 Å². The molecule has 2 fully saturated rings. The molecule has 3 aliphatic heterocycles. The second kappa shape index (κ2) is 26.1. The highest BCUT2D eigenvalue weighted by molar-refractivity contribution is 7.18. The molecule has 13 N–H and O–H groups in total. The van der Waals surface area contributed by atoms with Gasteiger partial charge in [-0.3, -0.25) is 48.1 Å². The van der Waals surface area contributed by atoms with Crippen LogP contribution >= 0.6 is 11.3 Å². The molecule has 0 saturated carbocycles. The molecule has 2 saturated heterocycles. The number of aliphatic imine (C=N–C) groups is 1. The average molecular weight is 1100 g/mol. The van der Waals surface area contributed by atoms with Crippen LogP contribution in [-0.2, 0) is 25.6 Å². The van der Waals surface area contributed by atoms with Crippen molar-refractivity contribution in [3.8, 4) is 0 Å². The van der Waals surface area contributed by atoms with E-state index in [1.807, 2.05) is 23.0 Å². The number of hydrogen-bond acceptors (Lipinski definition) is 21. The summed E-state index contributed by atoms with van der Waals surface area (Å²) in [5.41, 5.74) is -1.85. The number of aliphatic hydroxyl groups excluding tert-OH is 5. The summed E-state index contributed by atoms with van der Waals surface area (Å²) in [5, 5.41) is 71.6. The number of nitrogens with zero attached hydrogens (tertiary/aromatic N) is 6. The van der Waals surface area contributed by atoms with Crippen molar-refractivity contribution >= 4 is 57.2 Å². The van der Waals surface area contributed by atoms with E-state index >= 15 is 0 Å². The molecule has 1 aromatic carbocycles. The van der Waals surface area contributed by atoms with Crippen molar-refractivity contribution in [2.45, 2.75) is 88.2 Å². The number of aromatic nitrogens is 8. The van der Waals surface area contributed by atoms with Gasteiger partial charge in [-0.05, 0) is 43.2 Å². The van der Waals surface area contributed by atoms with E-state index in [0.717, 1.165) is 21.3 Å². The van der Waals surface area contributed by atoms with Crippen LogP contribution < -0.4 is 43.6 Å². The summed E-state index contributed by atoms with van der Waals surface area (Å²) < 4.78 is 38.3. The molecule has 0 bridgehead atoms. The van der Waals surface area contributed by atoms with Gasteiger partial charge in [0.05, 0.1) is 71.6 Å². The SMILES string of the molecule is Cc1nc2ccc(CN(C)c3ccc(C(=O)N[C@@H](CCC(=O)O)C(=O)O)s3)cc2c(=O)[nH]1.O=c1[nH]c(=O)n([C@H]2C[C@H](O)[C@@H](CO)O2)cc1F.O=c1[nH]cc(F)c(=O)[nH]1.OC[C@H]1O[C@@H](n2cnc3c2NC=NC[C@H]3O)C[C@@H]1O. The number of amides is 1. The molecule has 8 atom stereocenters. The van der Waals surface area contributed by atoms with Gasteiger partial charge in [-0.15, -0.1) is 11.3 Å². The lowest BCUT2D eigenvalue weighted by Crippen LogP contribution is -2.40. The number of H-pyrrole nitrogens is 4. The Balaban J connectivity index is 0.000000182. The number of nitrogens with one attached hydrogen (secondary N) is 6. The first kappa shape index (κ1) is 58.2. The maximum absolute atomic E-state index is 13.0. The first-order valence-corrected chi connectivity index (χ1v) is 23.8. The molecule has 0 unspecified atom stereocenters. The zero-order valence-corrected chi connectivity index (χ0v) is 41.3. The summed E-state index contributed by atoms with van der Waals surface area (Å²) in [6.07, 6.45) is -0.821. The molecule has 1 amide bonds. The monoisotopic (exact) mass is 1100 g/mol. The number of aromatic amines is 4. The van der Waals surface area contributed by atoms with Gasteiger partial charge in [0, 0.05) is 39.1 Å². The minimum atomic E-state index is -1.29.